The molecule has 0 heterocycles. The van der Waals surface area contributed by atoms with Crippen LogP contribution in [0.1, 0.15) is 0 Å². The first-order valence-electron chi connectivity index (χ1n) is 1.98. The summed E-state index contributed by atoms with van der Waals surface area (Å²) in [5, 5.41) is 5.13. The van der Waals surface area contributed by atoms with Gasteiger partial charge in [-0.15, -0.1) is 0 Å². The van der Waals surface area contributed by atoms with Crippen molar-refractivity contribution in [2.24, 2.45) is 5.10 Å². The summed E-state index contributed by atoms with van der Waals surface area (Å²) >= 11 is 0. The fourth-order valence-corrected chi connectivity index (χ4v) is 0.228. The SMILES string of the molecule is C=NN(C)COC. The topological polar surface area (TPSA) is 24.8 Å². The van der Waals surface area contributed by atoms with Gasteiger partial charge >= 0.3 is 0 Å². The van der Waals surface area contributed by atoms with Crippen LogP contribution in [-0.2, 0) is 4.74 Å². The first kappa shape index (κ1) is 6.43. The second-order valence-electron chi connectivity index (χ2n) is 1.22. The molecule has 0 bridgehead atoms. The van der Waals surface area contributed by atoms with E-state index in [1.54, 1.807) is 19.2 Å². The van der Waals surface area contributed by atoms with Crippen molar-refractivity contribution in [3.05, 3.63) is 0 Å². The van der Waals surface area contributed by atoms with E-state index in [1.165, 1.54) is 0 Å². The molecule has 0 aliphatic heterocycles. The van der Waals surface area contributed by atoms with Crippen LogP contribution in [-0.4, -0.2) is 32.6 Å². The van der Waals surface area contributed by atoms with Crippen molar-refractivity contribution in [2.45, 2.75) is 0 Å². The number of hydrazone groups is 1. The molecule has 0 aromatic rings. The maximum Gasteiger partial charge on any atom is 0.134 e. The Morgan fingerprint density at radius 3 is 2.57 bits per heavy atom. The van der Waals surface area contributed by atoms with E-state index in [4.69, 9.17) is 0 Å². The lowest BCUT2D eigenvalue weighted by Gasteiger charge is -2.07. The Morgan fingerprint density at radius 2 is 2.43 bits per heavy atom. The van der Waals surface area contributed by atoms with Gasteiger partial charge in [0, 0.05) is 20.9 Å². The quantitative estimate of drug-likeness (QED) is 0.287. The summed E-state index contributed by atoms with van der Waals surface area (Å²) in [5.74, 6) is 0. The van der Waals surface area contributed by atoms with E-state index < -0.39 is 0 Å². The molecule has 0 unspecified atom stereocenters. The molecule has 0 rings (SSSR count). The predicted molar refractivity (Wildman–Crippen MR) is 29.2 cm³/mol. The van der Waals surface area contributed by atoms with Crippen LogP contribution in [0.25, 0.3) is 0 Å². The molecule has 0 aromatic heterocycles. The van der Waals surface area contributed by atoms with E-state index in [2.05, 4.69) is 16.6 Å². The number of rotatable bonds is 3. The smallest absolute Gasteiger partial charge is 0.134 e. The third-order valence-corrected chi connectivity index (χ3v) is 0.557. The summed E-state index contributed by atoms with van der Waals surface area (Å²) in [6.07, 6.45) is 0. The van der Waals surface area contributed by atoms with Crippen LogP contribution in [0.15, 0.2) is 5.10 Å². The highest BCUT2D eigenvalue weighted by Crippen LogP contribution is 1.77. The van der Waals surface area contributed by atoms with Gasteiger partial charge in [-0.3, -0.25) is 5.01 Å². The van der Waals surface area contributed by atoms with Crippen LogP contribution in [0.5, 0.6) is 0 Å². The highest BCUT2D eigenvalue weighted by atomic mass is 16.5. The van der Waals surface area contributed by atoms with Gasteiger partial charge in [0.25, 0.3) is 0 Å². The van der Waals surface area contributed by atoms with Crippen LogP contribution >= 0.6 is 0 Å². The van der Waals surface area contributed by atoms with Crippen molar-refractivity contribution >= 4 is 6.72 Å². The molecule has 0 saturated carbocycles. The molecule has 0 amide bonds. The van der Waals surface area contributed by atoms with E-state index in [0.29, 0.717) is 6.73 Å². The summed E-state index contributed by atoms with van der Waals surface area (Å²) in [6, 6.07) is 0. The fraction of sp³-hybridized carbons (Fsp3) is 0.750. The number of hydrogen-bond acceptors (Lipinski definition) is 3. The molecule has 0 spiro atoms. The first-order valence-corrected chi connectivity index (χ1v) is 1.98. The van der Waals surface area contributed by atoms with E-state index in [-0.39, 0.29) is 0 Å². The Labute approximate surface area is 43.6 Å². The second-order valence-corrected chi connectivity index (χ2v) is 1.22. The maximum absolute atomic E-state index is 4.69. The van der Waals surface area contributed by atoms with Gasteiger partial charge in [-0.1, -0.05) is 0 Å². The minimum Gasteiger partial charge on any atom is -0.363 e. The monoisotopic (exact) mass is 102 g/mol. The zero-order valence-corrected chi connectivity index (χ0v) is 4.72. The number of ether oxygens (including phenoxy) is 1. The molecule has 0 atom stereocenters. The van der Waals surface area contributed by atoms with Crippen LogP contribution < -0.4 is 0 Å². The van der Waals surface area contributed by atoms with Gasteiger partial charge in [-0.05, 0) is 0 Å². The van der Waals surface area contributed by atoms with Crippen molar-refractivity contribution in [3.8, 4) is 0 Å². The number of nitrogens with zero attached hydrogens (tertiary/aromatic N) is 2. The molecule has 7 heavy (non-hydrogen) atoms. The molecule has 0 fully saturated rings. The molecular formula is C4H10N2O. The molecule has 3 nitrogen and oxygen atoms in total. The Morgan fingerprint density at radius 1 is 1.86 bits per heavy atom. The molecule has 0 aliphatic rings. The van der Waals surface area contributed by atoms with E-state index >= 15 is 0 Å². The molecule has 0 N–H and O–H groups in total. The normalized spacial score (nSPS) is 8.29. The summed E-state index contributed by atoms with van der Waals surface area (Å²) < 4.78 is 4.69. The zero-order valence-electron chi connectivity index (χ0n) is 4.72. The van der Waals surface area contributed by atoms with E-state index in [1.807, 2.05) is 0 Å². The third-order valence-electron chi connectivity index (χ3n) is 0.557. The molecule has 3 heteroatoms. The van der Waals surface area contributed by atoms with Crippen molar-refractivity contribution in [1.82, 2.24) is 5.01 Å². The average molecular weight is 102 g/mol. The van der Waals surface area contributed by atoms with Crippen LogP contribution in [0.4, 0.5) is 0 Å². The summed E-state index contributed by atoms with van der Waals surface area (Å²) in [7, 11) is 3.40. The van der Waals surface area contributed by atoms with Gasteiger partial charge in [0.1, 0.15) is 6.73 Å². The van der Waals surface area contributed by atoms with Crippen LogP contribution in [0.3, 0.4) is 0 Å². The Kier molecular flexibility index (Phi) is 3.32. The third kappa shape index (κ3) is 3.26. The number of hydrogen-bond donors (Lipinski definition) is 0. The largest absolute Gasteiger partial charge is 0.363 e. The lowest BCUT2D eigenvalue weighted by atomic mass is 11.1. The molecule has 0 aromatic carbocycles. The highest BCUT2D eigenvalue weighted by molar-refractivity contribution is 5.22. The number of methoxy groups -OCH3 is 1. The van der Waals surface area contributed by atoms with Crippen LogP contribution in [0, 0.1) is 0 Å². The van der Waals surface area contributed by atoms with Gasteiger partial charge in [-0.2, -0.15) is 5.10 Å². The van der Waals surface area contributed by atoms with Gasteiger partial charge in [-0.25, -0.2) is 0 Å². The van der Waals surface area contributed by atoms with Gasteiger partial charge < -0.3 is 4.74 Å². The first-order chi connectivity index (χ1) is 3.31. The second kappa shape index (κ2) is 3.61. The summed E-state index contributed by atoms with van der Waals surface area (Å²) in [4.78, 5) is 0. The van der Waals surface area contributed by atoms with E-state index in [9.17, 15) is 0 Å². The summed E-state index contributed by atoms with van der Waals surface area (Å²) in [5.41, 5.74) is 0. The molecule has 0 aliphatic carbocycles. The lowest BCUT2D eigenvalue weighted by molar-refractivity contribution is 0.0851. The van der Waals surface area contributed by atoms with Crippen molar-refractivity contribution in [1.29, 1.82) is 0 Å². The minimum absolute atomic E-state index is 0.503. The van der Waals surface area contributed by atoms with Gasteiger partial charge in [0.15, 0.2) is 0 Å². The molecular weight excluding hydrogens is 92.1 g/mol. The van der Waals surface area contributed by atoms with E-state index in [0.717, 1.165) is 0 Å². The van der Waals surface area contributed by atoms with Crippen molar-refractivity contribution < 1.29 is 4.74 Å². The highest BCUT2D eigenvalue weighted by Gasteiger charge is 1.81. The van der Waals surface area contributed by atoms with Gasteiger partial charge in [0.2, 0.25) is 0 Å². The van der Waals surface area contributed by atoms with Gasteiger partial charge in [0.05, 0.1) is 0 Å². The Bertz CT molecular complexity index is 55.7. The zero-order chi connectivity index (χ0) is 5.70. The fourth-order valence-electron chi connectivity index (χ4n) is 0.228. The standard InChI is InChI=1S/C4H10N2O/c1-5-6(2)4-7-3/h1,4H2,2-3H3. The lowest BCUT2D eigenvalue weighted by Crippen LogP contribution is -2.12. The summed E-state index contributed by atoms with van der Waals surface area (Å²) in [6.45, 7) is 3.78. The maximum atomic E-state index is 4.69. The average Bonchev–Trinajstić information content (AvgIpc) is 1.68. The predicted octanol–water partition coefficient (Wildman–Crippen LogP) is 0.138. The Balaban J connectivity index is 2.98. The van der Waals surface area contributed by atoms with Crippen LogP contribution in [0.2, 0.25) is 0 Å². The molecule has 0 saturated heterocycles. The molecule has 42 valence electrons. The molecule has 0 radical (unpaired) electrons. The van der Waals surface area contributed by atoms with Crippen molar-refractivity contribution in [2.75, 3.05) is 20.9 Å². The minimum atomic E-state index is 0.503. The van der Waals surface area contributed by atoms with Crippen molar-refractivity contribution in [3.63, 3.8) is 0 Å². The Hall–Kier alpha value is -0.570.